The van der Waals surface area contributed by atoms with Crippen molar-refractivity contribution < 1.29 is 35.6 Å². The van der Waals surface area contributed by atoms with E-state index in [-0.39, 0.29) is 22.8 Å². The standard InChI is InChI=1S/C18H9F6NO2/c19-17(20,21)12-5-1-10(2-6-12)14-9-25-16(27-14)15(26)11-3-7-13(8-4-11)18(22,23)24/h1-9H. The number of nitrogens with zero attached hydrogens (tertiary/aromatic N) is 1. The summed E-state index contributed by atoms with van der Waals surface area (Å²) in [6.45, 7) is 0. The Morgan fingerprint density at radius 1 is 0.778 bits per heavy atom. The largest absolute Gasteiger partial charge is 0.433 e. The summed E-state index contributed by atoms with van der Waals surface area (Å²) in [7, 11) is 0. The van der Waals surface area contributed by atoms with Gasteiger partial charge in [-0.1, -0.05) is 24.3 Å². The fourth-order valence-electron chi connectivity index (χ4n) is 2.27. The highest BCUT2D eigenvalue weighted by molar-refractivity contribution is 6.06. The Hall–Kier alpha value is -3.10. The minimum absolute atomic E-state index is 0.0546. The van der Waals surface area contributed by atoms with E-state index in [2.05, 4.69) is 4.98 Å². The van der Waals surface area contributed by atoms with Crippen molar-refractivity contribution in [3.05, 3.63) is 77.3 Å². The van der Waals surface area contributed by atoms with Crippen LogP contribution < -0.4 is 0 Å². The van der Waals surface area contributed by atoms with Gasteiger partial charge in [-0.3, -0.25) is 4.79 Å². The molecule has 140 valence electrons. The maximum Gasteiger partial charge on any atom is 0.416 e. The van der Waals surface area contributed by atoms with E-state index in [0.29, 0.717) is 0 Å². The van der Waals surface area contributed by atoms with Crippen LogP contribution in [0, 0.1) is 0 Å². The number of aromatic nitrogens is 1. The molecule has 1 heterocycles. The predicted molar refractivity (Wildman–Crippen MR) is 81.8 cm³/mol. The van der Waals surface area contributed by atoms with Gasteiger partial charge in [0.1, 0.15) is 0 Å². The summed E-state index contributed by atoms with van der Waals surface area (Å²) in [5, 5.41) is 0. The second kappa shape index (κ2) is 6.57. The van der Waals surface area contributed by atoms with Crippen LogP contribution in [0.15, 0.2) is 59.1 Å². The molecule has 0 atom stereocenters. The number of hydrogen-bond acceptors (Lipinski definition) is 3. The summed E-state index contributed by atoms with van der Waals surface area (Å²) in [6, 6.07) is 7.54. The molecule has 0 radical (unpaired) electrons. The Kier molecular flexibility index (Phi) is 4.54. The molecule has 9 heteroatoms. The summed E-state index contributed by atoms with van der Waals surface area (Å²) in [6.07, 6.45) is -7.86. The van der Waals surface area contributed by atoms with Gasteiger partial charge in [-0.25, -0.2) is 4.98 Å². The zero-order valence-corrected chi connectivity index (χ0v) is 13.2. The molecule has 27 heavy (non-hydrogen) atoms. The maximum atomic E-state index is 12.6. The summed E-state index contributed by atoms with van der Waals surface area (Å²) >= 11 is 0. The molecule has 0 fully saturated rings. The van der Waals surface area contributed by atoms with Gasteiger partial charge in [0.15, 0.2) is 5.76 Å². The summed E-state index contributed by atoms with van der Waals surface area (Å²) in [4.78, 5) is 16.0. The molecule has 0 aliphatic heterocycles. The Bertz CT molecular complexity index is 953. The molecule has 1 aromatic heterocycles. The molecule has 0 saturated heterocycles. The van der Waals surface area contributed by atoms with Crippen molar-refractivity contribution in [2.24, 2.45) is 0 Å². The number of rotatable bonds is 3. The molecule has 3 nitrogen and oxygen atoms in total. The first-order valence-corrected chi connectivity index (χ1v) is 7.41. The number of ketones is 1. The maximum absolute atomic E-state index is 12.6. The van der Waals surface area contributed by atoms with Crippen LogP contribution in [-0.4, -0.2) is 10.8 Å². The Morgan fingerprint density at radius 2 is 1.26 bits per heavy atom. The van der Waals surface area contributed by atoms with Crippen LogP contribution in [-0.2, 0) is 12.4 Å². The second-order valence-corrected chi connectivity index (χ2v) is 5.51. The van der Waals surface area contributed by atoms with Crippen molar-refractivity contribution in [2.75, 3.05) is 0 Å². The molecule has 0 bridgehead atoms. The third-order valence-corrected chi connectivity index (χ3v) is 3.67. The smallest absolute Gasteiger partial charge is 0.416 e. The number of oxazole rings is 1. The fraction of sp³-hybridized carbons (Fsp3) is 0.111. The van der Waals surface area contributed by atoms with Gasteiger partial charge in [0, 0.05) is 11.1 Å². The molecule has 0 unspecified atom stereocenters. The van der Waals surface area contributed by atoms with Crippen LogP contribution in [0.1, 0.15) is 27.4 Å². The highest BCUT2D eigenvalue weighted by Gasteiger charge is 2.31. The van der Waals surface area contributed by atoms with Gasteiger partial charge >= 0.3 is 12.4 Å². The number of halogens is 6. The molecular formula is C18H9F6NO2. The van der Waals surface area contributed by atoms with Gasteiger partial charge in [-0.2, -0.15) is 26.3 Å². The first-order chi connectivity index (χ1) is 12.6. The van der Waals surface area contributed by atoms with Gasteiger partial charge in [0.05, 0.1) is 17.3 Å². The topological polar surface area (TPSA) is 43.1 Å². The number of carbonyl (C=O) groups is 1. The van der Waals surface area contributed by atoms with Gasteiger partial charge in [-0.15, -0.1) is 0 Å². The Balaban J connectivity index is 1.82. The Morgan fingerprint density at radius 3 is 1.74 bits per heavy atom. The average Bonchev–Trinajstić information content (AvgIpc) is 3.10. The second-order valence-electron chi connectivity index (χ2n) is 5.51. The van der Waals surface area contributed by atoms with Crippen LogP contribution in [0.25, 0.3) is 11.3 Å². The van der Waals surface area contributed by atoms with E-state index in [4.69, 9.17) is 4.42 Å². The van der Waals surface area contributed by atoms with Crippen molar-refractivity contribution in [3.8, 4) is 11.3 Å². The number of alkyl halides is 6. The minimum atomic E-state index is -4.53. The molecule has 0 N–H and O–H groups in total. The summed E-state index contributed by atoms with van der Waals surface area (Å²) < 4.78 is 80.6. The highest BCUT2D eigenvalue weighted by atomic mass is 19.4. The van der Waals surface area contributed by atoms with Gasteiger partial charge in [0.25, 0.3) is 5.89 Å². The number of carbonyl (C=O) groups excluding carboxylic acids is 1. The predicted octanol–water partition coefficient (Wildman–Crippen LogP) is 5.61. The van der Waals surface area contributed by atoms with E-state index < -0.39 is 29.3 Å². The molecule has 3 aromatic rings. The monoisotopic (exact) mass is 385 g/mol. The van der Waals surface area contributed by atoms with E-state index in [1.807, 2.05) is 0 Å². The van der Waals surface area contributed by atoms with E-state index in [0.717, 1.165) is 54.7 Å². The van der Waals surface area contributed by atoms with E-state index in [9.17, 15) is 31.1 Å². The zero-order valence-electron chi connectivity index (χ0n) is 13.2. The van der Waals surface area contributed by atoms with Crippen LogP contribution >= 0.6 is 0 Å². The van der Waals surface area contributed by atoms with Crippen molar-refractivity contribution >= 4 is 5.78 Å². The summed E-state index contributed by atoms with van der Waals surface area (Å²) in [5.41, 5.74) is -1.55. The van der Waals surface area contributed by atoms with Crippen molar-refractivity contribution in [1.82, 2.24) is 4.98 Å². The third-order valence-electron chi connectivity index (χ3n) is 3.67. The van der Waals surface area contributed by atoms with Crippen molar-refractivity contribution in [2.45, 2.75) is 12.4 Å². The highest BCUT2D eigenvalue weighted by Crippen LogP contribution is 2.32. The van der Waals surface area contributed by atoms with E-state index >= 15 is 0 Å². The average molecular weight is 385 g/mol. The fourth-order valence-corrected chi connectivity index (χ4v) is 2.27. The zero-order chi connectivity index (χ0) is 19.8. The van der Waals surface area contributed by atoms with E-state index in [1.54, 1.807) is 0 Å². The molecule has 0 aliphatic carbocycles. The molecule has 2 aromatic carbocycles. The quantitative estimate of drug-likeness (QED) is 0.435. The van der Waals surface area contributed by atoms with Crippen LogP contribution in [0.5, 0.6) is 0 Å². The molecule has 0 saturated carbocycles. The normalized spacial score (nSPS) is 12.2. The number of benzene rings is 2. The van der Waals surface area contributed by atoms with Crippen LogP contribution in [0.2, 0.25) is 0 Å². The molecule has 0 aliphatic rings. The van der Waals surface area contributed by atoms with Crippen molar-refractivity contribution in [1.29, 1.82) is 0 Å². The van der Waals surface area contributed by atoms with Gasteiger partial charge in [-0.05, 0) is 24.3 Å². The lowest BCUT2D eigenvalue weighted by Gasteiger charge is -2.06. The van der Waals surface area contributed by atoms with Crippen LogP contribution in [0.3, 0.4) is 0 Å². The SMILES string of the molecule is O=C(c1ccc(C(F)(F)F)cc1)c1ncc(-c2ccc(C(F)(F)F)cc2)o1. The Labute approximate surface area is 148 Å². The molecular weight excluding hydrogens is 376 g/mol. The first-order valence-electron chi connectivity index (χ1n) is 7.41. The lowest BCUT2D eigenvalue weighted by atomic mass is 10.1. The van der Waals surface area contributed by atoms with Gasteiger partial charge in [0.2, 0.25) is 5.78 Å². The molecule has 0 spiro atoms. The van der Waals surface area contributed by atoms with Crippen molar-refractivity contribution in [3.63, 3.8) is 0 Å². The molecule has 0 amide bonds. The lowest BCUT2D eigenvalue weighted by molar-refractivity contribution is -0.138. The number of hydrogen-bond donors (Lipinski definition) is 0. The van der Waals surface area contributed by atoms with Crippen LogP contribution in [0.4, 0.5) is 26.3 Å². The lowest BCUT2D eigenvalue weighted by Crippen LogP contribution is -2.06. The molecule has 3 rings (SSSR count). The summed E-state index contributed by atoms with van der Waals surface area (Å²) in [5.74, 6) is -1.08. The van der Waals surface area contributed by atoms with Gasteiger partial charge < -0.3 is 4.42 Å². The third kappa shape index (κ3) is 4.02. The van der Waals surface area contributed by atoms with E-state index in [1.165, 1.54) is 0 Å². The first kappa shape index (κ1) is 18.7. The minimum Gasteiger partial charge on any atom is -0.433 e.